The van der Waals surface area contributed by atoms with Crippen LogP contribution in [-0.2, 0) is 11.8 Å². The quantitative estimate of drug-likeness (QED) is 0.646. The Morgan fingerprint density at radius 3 is 2.68 bits per heavy atom. The van der Waals surface area contributed by atoms with Gasteiger partial charge < -0.3 is 5.11 Å². The van der Waals surface area contributed by atoms with E-state index in [4.69, 9.17) is 4.98 Å². The van der Waals surface area contributed by atoms with E-state index in [1.807, 2.05) is 49.4 Å². The van der Waals surface area contributed by atoms with Crippen LogP contribution in [0.25, 0.3) is 17.1 Å². The second-order valence-corrected chi connectivity index (χ2v) is 8.86. The van der Waals surface area contributed by atoms with Gasteiger partial charge in [0.2, 0.25) is 0 Å². The van der Waals surface area contributed by atoms with E-state index in [9.17, 15) is 14.8 Å². The summed E-state index contributed by atoms with van der Waals surface area (Å²) >= 11 is 0. The molecule has 0 saturated carbocycles. The van der Waals surface area contributed by atoms with Crippen molar-refractivity contribution in [3.05, 3.63) is 83.5 Å². The summed E-state index contributed by atoms with van der Waals surface area (Å²) in [4.78, 5) is 5.12. The molecular weight excluding hydrogens is 389 g/mol. The van der Waals surface area contributed by atoms with Crippen LogP contribution in [0.5, 0.6) is 0 Å². The number of nitriles is 1. The van der Waals surface area contributed by atoms with Gasteiger partial charge in [0.15, 0.2) is 0 Å². The molecule has 4 nitrogen and oxygen atoms in total. The van der Waals surface area contributed by atoms with Gasteiger partial charge in [-0.2, -0.15) is 5.26 Å². The van der Waals surface area contributed by atoms with Gasteiger partial charge in [0.1, 0.15) is 11.6 Å². The van der Waals surface area contributed by atoms with Crippen molar-refractivity contribution in [2.75, 3.05) is 0 Å². The number of imidazole rings is 1. The lowest BCUT2D eigenvalue weighted by Crippen LogP contribution is -2.47. The summed E-state index contributed by atoms with van der Waals surface area (Å²) in [5, 5.41) is 20.3. The monoisotopic (exact) mass is 413 g/mol. The molecule has 3 aromatic rings. The first-order valence-corrected chi connectivity index (χ1v) is 10.7. The minimum absolute atomic E-state index is 0.0442. The topological polar surface area (TPSA) is 61.8 Å². The Morgan fingerprint density at radius 2 is 1.97 bits per heavy atom. The second-order valence-electron chi connectivity index (χ2n) is 8.86. The van der Waals surface area contributed by atoms with Gasteiger partial charge in [0.25, 0.3) is 0 Å². The highest BCUT2D eigenvalue weighted by molar-refractivity contribution is 5.62. The summed E-state index contributed by atoms with van der Waals surface area (Å²) in [6.07, 6.45) is 2.81. The van der Waals surface area contributed by atoms with Crippen LogP contribution in [0.2, 0.25) is 0 Å². The van der Waals surface area contributed by atoms with Gasteiger partial charge in [-0.05, 0) is 42.9 Å². The lowest BCUT2D eigenvalue weighted by molar-refractivity contribution is 0.0668. The van der Waals surface area contributed by atoms with Crippen molar-refractivity contribution in [3.8, 4) is 23.1 Å². The van der Waals surface area contributed by atoms with E-state index in [0.717, 1.165) is 41.3 Å². The normalized spacial score (nSPS) is 27.1. The Balaban J connectivity index is 1.80. The predicted octanol–water partition coefficient (Wildman–Crippen LogP) is 4.96. The van der Waals surface area contributed by atoms with Crippen LogP contribution in [0.15, 0.2) is 66.2 Å². The molecule has 0 saturated heterocycles. The fourth-order valence-corrected chi connectivity index (χ4v) is 5.55. The van der Waals surface area contributed by atoms with Crippen LogP contribution in [0.3, 0.4) is 0 Å². The van der Waals surface area contributed by atoms with Gasteiger partial charge >= 0.3 is 0 Å². The minimum Gasteiger partial charge on any atom is -0.387 e. The van der Waals surface area contributed by atoms with Crippen LogP contribution in [-0.4, -0.2) is 20.8 Å². The zero-order valence-electron chi connectivity index (χ0n) is 17.6. The van der Waals surface area contributed by atoms with Gasteiger partial charge in [-0.25, -0.2) is 9.37 Å². The Hall–Kier alpha value is -3.23. The lowest BCUT2D eigenvalue weighted by Gasteiger charge is -2.46. The van der Waals surface area contributed by atoms with E-state index < -0.39 is 11.5 Å². The van der Waals surface area contributed by atoms with E-state index in [2.05, 4.69) is 17.6 Å². The van der Waals surface area contributed by atoms with Crippen molar-refractivity contribution < 1.29 is 9.50 Å². The maximum Gasteiger partial charge on any atom is 0.145 e. The third-order valence-corrected chi connectivity index (χ3v) is 7.08. The Kier molecular flexibility index (Phi) is 4.56. The third-order valence-electron chi connectivity index (χ3n) is 7.08. The van der Waals surface area contributed by atoms with Crippen molar-refractivity contribution in [2.24, 2.45) is 11.8 Å². The summed E-state index contributed by atoms with van der Waals surface area (Å²) in [6.45, 7) is 4.14. The minimum atomic E-state index is -0.747. The molecule has 31 heavy (non-hydrogen) atoms. The number of hydrogen-bond donors (Lipinski definition) is 1. The van der Waals surface area contributed by atoms with Crippen molar-refractivity contribution >= 4 is 0 Å². The highest BCUT2D eigenvalue weighted by Crippen LogP contribution is 2.51. The molecule has 156 valence electrons. The summed E-state index contributed by atoms with van der Waals surface area (Å²) in [5.74, 6) is 0.604. The molecule has 0 amide bonds. The molecule has 1 N–H and O–H groups in total. The largest absolute Gasteiger partial charge is 0.387 e. The zero-order chi connectivity index (χ0) is 21.8. The third kappa shape index (κ3) is 2.94. The average molecular weight is 413 g/mol. The van der Waals surface area contributed by atoms with Gasteiger partial charge in [-0.15, -0.1) is 0 Å². The summed E-state index contributed by atoms with van der Waals surface area (Å²) in [7, 11) is 0. The molecule has 4 atom stereocenters. The fraction of sp³-hybridized carbons (Fsp3) is 0.308. The first kappa shape index (κ1) is 19.7. The number of allylic oxidation sites excluding steroid dienone is 1. The van der Waals surface area contributed by atoms with Crippen LogP contribution < -0.4 is 0 Å². The van der Waals surface area contributed by atoms with Crippen molar-refractivity contribution in [2.45, 2.75) is 38.2 Å². The molecule has 5 rings (SSSR count). The molecule has 0 bridgehead atoms. The highest BCUT2D eigenvalue weighted by Gasteiger charge is 2.50. The predicted molar refractivity (Wildman–Crippen MR) is 117 cm³/mol. The second kappa shape index (κ2) is 7.18. The molecule has 1 unspecified atom stereocenters. The van der Waals surface area contributed by atoms with Gasteiger partial charge in [0, 0.05) is 16.7 Å². The number of benzene rings is 2. The number of aliphatic hydroxyl groups is 1. The maximum absolute atomic E-state index is 14.2. The molecule has 2 aromatic carbocycles. The van der Waals surface area contributed by atoms with Gasteiger partial charge in [0.05, 0.1) is 29.1 Å². The van der Waals surface area contributed by atoms with Crippen molar-refractivity contribution in [3.63, 3.8) is 0 Å². The summed E-state index contributed by atoms with van der Waals surface area (Å²) in [5.41, 5.74) is 3.58. The summed E-state index contributed by atoms with van der Waals surface area (Å²) in [6, 6.07) is 18.7. The highest BCUT2D eigenvalue weighted by atomic mass is 19.1. The SMILES string of the molecule is C[C@H]1C(O)C(C#N)=C[C@@]2(C)c3nc(-c4ccccc4)n(-c4cccc(F)c4)c3CC[C@H]12. The molecule has 0 fully saturated rings. The molecular formula is C26H24FN3O. The number of rotatable bonds is 2. The van der Waals surface area contributed by atoms with Crippen LogP contribution in [0.4, 0.5) is 4.39 Å². The number of halogens is 1. The Morgan fingerprint density at radius 1 is 1.19 bits per heavy atom. The number of nitrogens with zero attached hydrogens (tertiary/aromatic N) is 3. The van der Waals surface area contributed by atoms with Crippen LogP contribution in [0, 0.1) is 29.0 Å². The molecule has 5 heteroatoms. The molecule has 0 radical (unpaired) electrons. The first-order chi connectivity index (χ1) is 14.9. The molecule has 2 aliphatic carbocycles. The number of aromatic nitrogens is 2. The van der Waals surface area contributed by atoms with E-state index in [1.165, 1.54) is 12.1 Å². The summed E-state index contributed by atoms with van der Waals surface area (Å²) < 4.78 is 16.2. The van der Waals surface area contributed by atoms with Gasteiger partial charge in [-0.3, -0.25) is 4.57 Å². The van der Waals surface area contributed by atoms with Crippen LogP contribution in [0.1, 0.15) is 31.7 Å². The van der Waals surface area contributed by atoms with Crippen molar-refractivity contribution in [1.29, 1.82) is 5.26 Å². The lowest BCUT2D eigenvalue weighted by atomic mass is 9.58. The Labute approximate surface area is 181 Å². The smallest absolute Gasteiger partial charge is 0.145 e. The Bertz CT molecular complexity index is 1220. The van der Waals surface area contributed by atoms with Crippen molar-refractivity contribution in [1.82, 2.24) is 9.55 Å². The molecule has 0 spiro atoms. The average Bonchev–Trinajstić information content (AvgIpc) is 3.18. The van der Waals surface area contributed by atoms with Crippen LogP contribution >= 0.6 is 0 Å². The zero-order valence-corrected chi connectivity index (χ0v) is 17.6. The number of hydrogen-bond acceptors (Lipinski definition) is 3. The van der Waals surface area contributed by atoms with E-state index in [0.29, 0.717) is 5.57 Å². The molecule has 0 aliphatic heterocycles. The van der Waals surface area contributed by atoms with E-state index >= 15 is 0 Å². The van der Waals surface area contributed by atoms with E-state index in [-0.39, 0.29) is 17.7 Å². The molecule has 1 aromatic heterocycles. The molecule has 1 heterocycles. The standard InChI is InChI=1S/C26H24FN3O/c1-16-21-11-12-22-24(26(21,2)14-18(15-28)23(16)31)29-25(17-7-4-3-5-8-17)30(22)20-10-6-9-19(27)13-20/h3-10,13-14,16,21,23,31H,11-12H2,1-2H3/t16-,21-,23?,26-/m1/s1. The fourth-order valence-electron chi connectivity index (χ4n) is 5.55. The molecule has 2 aliphatic rings. The number of aliphatic hydroxyl groups excluding tert-OH is 1. The maximum atomic E-state index is 14.2. The first-order valence-electron chi connectivity index (χ1n) is 10.7. The van der Waals surface area contributed by atoms with Gasteiger partial charge in [-0.1, -0.05) is 56.3 Å². The number of fused-ring (bicyclic) bond motifs is 3. The van der Waals surface area contributed by atoms with E-state index in [1.54, 1.807) is 6.07 Å².